The van der Waals surface area contributed by atoms with E-state index in [0.717, 1.165) is 5.56 Å². The maximum Gasteiger partial charge on any atom is 0.162 e. The van der Waals surface area contributed by atoms with Crippen molar-refractivity contribution in [2.24, 2.45) is 0 Å². The number of nitrogen functional groups attached to an aromatic ring is 1. The van der Waals surface area contributed by atoms with Gasteiger partial charge in [-0.25, -0.2) is 0 Å². The van der Waals surface area contributed by atoms with Gasteiger partial charge in [0.1, 0.15) is 5.75 Å². The number of ether oxygens (including phenoxy) is 1. The zero-order valence-corrected chi connectivity index (χ0v) is 7.06. The first-order valence-corrected chi connectivity index (χ1v) is 3.82. The molecule has 0 radical (unpaired) electrons. The van der Waals surface area contributed by atoms with Gasteiger partial charge in [0.05, 0.1) is 5.69 Å². The van der Waals surface area contributed by atoms with Crippen molar-refractivity contribution in [3.63, 3.8) is 0 Å². The van der Waals surface area contributed by atoms with E-state index in [1.54, 1.807) is 0 Å². The second-order valence-corrected chi connectivity index (χ2v) is 2.51. The van der Waals surface area contributed by atoms with E-state index in [0.29, 0.717) is 11.4 Å². The quantitative estimate of drug-likeness (QED) is 0.547. The molecule has 0 aliphatic heterocycles. The zero-order chi connectivity index (χ0) is 8.27. The van der Waals surface area contributed by atoms with E-state index in [4.69, 9.17) is 22.1 Å². The number of rotatable bonds is 2. The Kier molecular flexibility index (Phi) is 2.60. The summed E-state index contributed by atoms with van der Waals surface area (Å²) in [7, 11) is 0. The lowest BCUT2D eigenvalue weighted by atomic mass is 10.2. The van der Waals surface area contributed by atoms with Crippen LogP contribution in [0.25, 0.3) is 0 Å². The van der Waals surface area contributed by atoms with E-state index in [9.17, 15) is 0 Å². The van der Waals surface area contributed by atoms with Crippen molar-refractivity contribution < 1.29 is 4.74 Å². The van der Waals surface area contributed by atoms with Gasteiger partial charge in [-0.1, -0.05) is 17.7 Å². The summed E-state index contributed by atoms with van der Waals surface area (Å²) in [6.07, 6.45) is 0. The molecule has 1 rings (SSSR count). The third-order valence-corrected chi connectivity index (χ3v) is 1.48. The van der Waals surface area contributed by atoms with E-state index in [2.05, 4.69) is 0 Å². The largest absolute Gasteiger partial charge is 0.476 e. The second kappa shape index (κ2) is 3.49. The summed E-state index contributed by atoms with van der Waals surface area (Å²) in [4.78, 5) is 0. The molecule has 0 aliphatic carbocycles. The molecule has 0 atom stereocenters. The fraction of sp³-hybridized carbons (Fsp3) is 0.250. The van der Waals surface area contributed by atoms with Crippen LogP contribution >= 0.6 is 11.6 Å². The Balaban J connectivity index is 2.90. The number of alkyl halides is 1. The number of benzene rings is 1. The molecule has 2 N–H and O–H groups in total. The first-order chi connectivity index (χ1) is 5.24. The van der Waals surface area contributed by atoms with Crippen molar-refractivity contribution >= 4 is 17.3 Å². The predicted octanol–water partition coefficient (Wildman–Crippen LogP) is 2.15. The predicted molar refractivity (Wildman–Crippen MR) is 46.9 cm³/mol. The van der Waals surface area contributed by atoms with Gasteiger partial charge >= 0.3 is 0 Å². The van der Waals surface area contributed by atoms with Crippen molar-refractivity contribution in [1.29, 1.82) is 0 Å². The van der Waals surface area contributed by atoms with Crippen LogP contribution in [0.3, 0.4) is 0 Å². The Morgan fingerprint density at radius 2 is 2.27 bits per heavy atom. The van der Waals surface area contributed by atoms with Crippen LogP contribution in [0.1, 0.15) is 5.56 Å². The molecule has 3 heteroatoms. The maximum absolute atomic E-state index is 5.62. The molecule has 2 nitrogen and oxygen atoms in total. The zero-order valence-electron chi connectivity index (χ0n) is 6.30. The topological polar surface area (TPSA) is 35.2 Å². The number of anilines is 1. The molecular formula is C8H10ClNO. The van der Waals surface area contributed by atoms with Gasteiger partial charge in [0.15, 0.2) is 6.07 Å². The molecular weight excluding hydrogens is 162 g/mol. The third kappa shape index (κ3) is 2.02. The minimum atomic E-state index is 0.132. The summed E-state index contributed by atoms with van der Waals surface area (Å²) >= 11 is 5.37. The lowest BCUT2D eigenvalue weighted by Gasteiger charge is -2.05. The van der Waals surface area contributed by atoms with Crippen LogP contribution in [0, 0.1) is 6.92 Å². The SMILES string of the molecule is Cc1ccc(OCCl)c(N)c1. The third-order valence-electron chi connectivity index (χ3n) is 1.38. The number of halogens is 1. The van der Waals surface area contributed by atoms with Gasteiger partial charge in [0.25, 0.3) is 0 Å². The number of aryl methyl sites for hydroxylation is 1. The molecule has 60 valence electrons. The highest BCUT2D eigenvalue weighted by atomic mass is 35.5. The molecule has 1 aromatic rings. The molecule has 0 aromatic heterocycles. The van der Waals surface area contributed by atoms with Gasteiger partial charge in [-0.2, -0.15) is 0 Å². The Labute approximate surface area is 70.9 Å². The fourth-order valence-corrected chi connectivity index (χ4v) is 0.976. The maximum atomic E-state index is 5.62. The highest BCUT2D eigenvalue weighted by molar-refractivity contribution is 6.17. The van der Waals surface area contributed by atoms with Gasteiger partial charge in [-0.15, -0.1) is 0 Å². The van der Waals surface area contributed by atoms with Crippen LogP contribution in [0.4, 0.5) is 5.69 Å². The Hall–Kier alpha value is -0.890. The molecule has 0 saturated heterocycles. The van der Waals surface area contributed by atoms with Crippen molar-refractivity contribution in [2.45, 2.75) is 6.92 Å². The van der Waals surface area contributed by atoms with Gasteiger partial charge in [-0.05, 0) is 24.6 Å². The summed E-state index contributed by atoms with van der Waals surface area (Å²) in [6, 6.07) is 5.72. The first-order valence-electron chi connectivity index (χ1n) is 3.29. The molecule has 0 amide bonds. The molecule has 0 bridgehead atoms. The molecule has 0 unspecified atom stereocenters. The normalized spacial score (nSPS) is 9.64. The summed E-state index contributed by atoms with van der Waals surface area (Å²) in [5, 5.41) is 0. The van der Waals surface area contributed by atoms with Crippen molar-refractivity contribution in [1.82, 2.24) is 0 Å². The molecule has 0 spiro atoms. The minimum Gasteiger partial charge on any atom is -0.476 e. The standard InChI is InChI=1S/C8H10ClNO/c1-6-2-3-8(11-5-9)7(10)4-6/h2-4H,5,10H2,1H3. The van der Waals surface area contributed by atoms with E-state index < -0.39 is 0 Å². The molecule has 0 fully saturated rings. The monoisotopic (exact) mass is 171 g/mol. The van der Waals surface area contributed by atoms with E-state index in [-0.39, 0.29) is 6.07 Å². The second-order valence-electron chi connectivity index (χ2n) is 2.29. The molecule has 11 heavy (non-hydrogen) atoms. The molecule has 0 saturated carbocycles. The van der Waals surface area contributed by atoms with Crippen LogP contribution < -0.4 is 10.5 Å². The van der Waals surface area contributed by atoms with Crippen molar-refractivity contribution in [3.05, 3.63) is 23.8 Å². The molecule has 0 heterocycles. The Bertz CT molecular complexity index is 250. The van der Waals surface area contributed by atoms with Crippen molar-refractivity contribution in [2.75, 3.05) is 11.8 Å². The van der Waals surface area contributed by atoms with Gasteiger partial charge in [0, 0.05) is 0 Å². The van der Waals surface area contributed by atoms with Crippen molar-refractivity contribution in [3.8, 4) is 5.75 Å². The average Bonchev–Trinajstić information content (AvgIpc) is 1.95. The van der Waals surface area contributed by atoms with E-state index in [1.165, 1.54) is 0 Å². The fourth-order valence-electron chi connectivity index (χ4n) is 0.858. The molecule has 0 aliphatic rings. The summed E-state index contributed by atoms with van der Waals surface area (Å²) in [5.74, 6) is 0.644. The first kappa shape index (κ1) is 8.21. The number of nitrogens with two attached hydrogens (primary N) is 1. The van der Waals surface area contributed by atoms with E-state index >= 15 is 0 Å². The minimum absolute atomic E-state index is 0.132. The Morgan fingerprint density at radius 3 is 2.82 bits per heavy atom. The van der Waals surface area contributed by atoms with Gasteiger partial charge in [-0.3, -0.25) is 0 Å². The highest BCUT2D eigenvalue weighted by Crippen LogP contribution is 2.21. The summed E-state index contributed by atoms with van der Waals surface area (Å²) < 4.78 is 5.03. The average molecular weight is 172 g/mol. The molecule has 1 aromatic carbocycles. The van der Waals surface area contributed by atoms with Crippen LogP contribution in [-0.2, 0) is 0 Å². The smallest absolute Gasteiger partial charge is 0.162 e. The lowest BCUT2D eigenvalue weighted by Crippen LogP contribution is -1.95. The van der Waals surface area contributed by atoms with Crippen LogP contribution in [0.15, 0.2) is 18.2 Å². The van der Waals surface area contributed by atoms with E-state index in [1.807, 2.05) is 25.1 Å². The summed E-state index contributed by atoms with van der Waals surface area (Å²) in [5.41, 5.74) is 7.37. The van der Waals surface area contributed by atoms with Crippen LogP contribution in [0.5, 0.6) is 5.75 Å². The summed E-state index contributed by atoms with van der Waals surface area (Å²) in [6.45, 7) is 1.97. The lowest BCUT2D eigenvalue weighted by molar-refractivity contribution is 0.390. The number of hydrogen-bond donors (Lipinski definition) is 1. The Morgan fingerprint density at radius 1 is 1.55 bits per heavy atom. The van der Waals surface area contributed by atoms with Crippen LogP contribution in [-0.4, -0.2) is 6.07 Å². The highest BCUT2D eigenvalue weighted by Gasteiger charge is 1.97. The van der Waals surface area contributed by atoms with Crippen LogP contribution in [0.2, 0.25) is 0 Å². The van der Waals surface area contributed by atoms with Gasteiger partial charge in [0.2, 0.25) is 0 Å². The number of hydrogen-bond acceptors (Lipinski definition) is 2. The van der Waals surface area contributed by atoms with Gasteiger partial charge < -0.3 is 10.5 Å².